The Labute approximate surface area is 124 Å². The van der Waals surface area contributed by atoms with Gasteiger partial charge >= 0.3 is 0 Å². The summed E-state index contributed by atoms with van der Waals surface area (Å²) in [7, 11) is 0. The van der Waals surface area contributed by atoms with Crippen LogP contribution in [0.25, 0.3) is 0 Å². The molecule has 1 heterocycles. The molecule has 0 aromatic heterocycles. The zero-order chi connectivity index (χ0) is 14.6. The van der Waals surface area contributed by atoms with Gasteiger partial charge in [0.25, 0.3) is 0 Å². The molecule has 1 saturated heterocycles. The second-order valence-electron chi connectivity index (χ2n) is 7.34. The van der Waals surface area contributed by atoms with E-state index in [9.17, 15) is 4.79 Å². The zero-order valence-corrected chi connectivity index (χ0v) is 13.6. The van der Waals surface area contributed by atoms with E-state index in [1.165, 1.54) is 38.5 Å². The molecule has 1 aliphatic carbocycles. The molecule has 3 nitrogen and oxygen atoms in total. The van der Waals surface area contributed by atoms with Gasteiger partial charge in [-0.3, -0.25) is 4.79 Å². The molecule has 0 spiro atoms. The number of carbonyl (C=O) groups is 1. The Hall–Kier alpha value is -0.570. The number of piperidine rings is 1. The zero-order valence-electron chi connectivity index (χ0n) is 13.6. The van der Waals surface area contributed by atoms with Crippen LogP contribution in [0.4, 0.5) is 0 Å². The Morgan fingerprint density at radius 1 is 1.25 bits per heavy atom. The van der Waals surface area contributed by atoms with E-state index < -0.39 is 0 Å². The van der Waals surface area contributed by atoms with E-state index in [4.69, 9.17) is 0 Å². The molecule has 2 rings (SSSR count). The lowest BCUT2D eigenvalue weighted by Gasteiger charge is -2.40. The van der Waals surface area contributed by atoms with Gasteiger partial charge < -0.3 is 10.2 Å². The van der Waals surface area contributed by atoms with Crippen LogP contribution < -0.4 is 5.32 Å². The average molecular weight is 280 g/mol. The standard InChI is InChI=1S/C17H32N2O/c1-14(2)10-13-19(15-8-4-5-9-15)16(20)17(3)11-6-7-12-18-17/h14-15,18H,4-13H2,1-3H3. The van der Waals surface area contributed by atoms with Crippen LogP contribution in [0, 0.1) is 5.92 Å². The predicted molar refractivity (Wildman–Crippen MR) is 83.7 cm³/mol. The number of nitrogens with zero attached hydrogens (tertiary/aromatic N) is 1. The summed E-state index contributed by atoms with van der Waals surface area (Å²) in [4.78, 5) is 15.3. The number of rotatable bonds is 5. The van der Waals surface area contributed by atoms with Gasteiger partial charge in [0.1, 0.15) is 0 Å². The Morgan fingerprint density at radius 3 is 2.50 bits per heavy atom. The normalized spacial score (nSPS) is 28.0. The monoisotopic (exact) mass is 280 g/mol. The molecule has 2 aliphatic rings. The van der Waals surface area contributed by atoms with Crippen LogP contribution >= 0.6 is 0 Å². The maximum atomic E-state index is 13.1. The number of hydrogen-bond acceptors (Lipinski definition) is 2. The molecule has 0 radical (unpaired) electrons. The first-order chi connectivity index (χ1) is 9.53. The second kappa shape index (κ2) is 6.93. The van der Waals surface area contributed by atoms with Crippen LogP contribution in [0.2, 0.25) is 0 Å². The van der Waals surface area contributed by atoms with Crippen molar-refractivity contribution >= 4 is 5.91 Å². The van der Waals surface area contributed by atoms with E-state index in [-0.39, 0.29) is 5.54 Å². The fourth-order valence-electron chi connectivity index (χ4n) is 3.62. The summed E-state index contributed by atoms with van der Waals surface area (Å²) < 4.78 is 0. The molecule has 1 aliphatic heterocycles. The first kappa shape index (κ1) is 15.8. The Balaban J connectivity index is 2.05. The van der Waals surface area contributed by atoms with Gasteiger partial charge in [0.05, 0.1) is 5.54 Å². The van der Waals surface area contributed by atoms with Crippen LogP contribution in [-0.2, 0) is 4.79 Å². The summed E-state index contributed by atoms with van der Waals surface area (Å²) in [5, 5.41) is 3.50. The van der Waals surface area contributed by atoms with Gasteiger partial charge in [-0.1, -0.05) is 26.7 Å². The molecular weight excluding hydrogens is 248 g/mol. The van der Waals surface area contributed by atoms with Gasteiger partial charge in [-0.05, 0) is 57.9 Å². The van der Waals surface area contributed by atoms with Gasteiger partial charge in [-0.25, -0.2) is 0 Å². The molecule has 1 unspecified atom stereocenters. The molecule has 1 amide bonds. The van der Waals surface area contributed by atoms with Crippen molar-refractivity contribution in [2.45, 2.75) is 83.7 Å². The van der Waals surface area contributed by atoms with Crippen molar-refractivity contribution in [3.63, 3.8) is 0 Å². The van der Waals surface area contributed by atoms with Gasteiger partial charge in [0.15, 0.2) is 0 Å². The first-order valence-corrected chi connectivity index (χ1v) is 8.59. The van der Waals surface area contributed by atoms with Gasteiger partial charge in [0.2, 0.25) is 5.91 Å². The maximum Gasteiger partial charge on any atom is 0.242 e. The van der Waals surface area contributed by atoms with Gasteiger partial charge in [0, 0.05) is 12.6 Å². The summed E-state index contributed by atoms with van der Waals surface area (Å²) in [6.45, 7) is 8.55. The van der Waals surface area contributed by atoms with E-state index >= 15 is 0 Å². The van der Waals surface area contributed by atoms with E-state index in [0.717, 1.165) is 25.9 Å². The molecule has 0 aromatic carbocycles. The molecule has 1 atom stereocenters. The highest BCUT2D eigenvalue weighted by atomic mass is 16.2. The number of hydrogen-bond donors (Lipinski definition) is 1. The molecule has 3 heteroatoms. The lowest BCUT2D eigenvalue weighted by Crippen LogP contribution is -2.59. The molecule has 1 N–H and O–H groups in total. The molecular formula is C17H32N2O. The number of carbonyl (C=O) groups excluding carboxylic acids is 1. The van der Waals surface area contributed by atoms with Crippen LogP contribution in [0.1, 0.15) is 72.1 Å². The minimum Gasteiger partial charge on any atom is -0.338 e. The number of nitrogens with one attached hydrogen (secondary N) is 1. The third-order valence-corrected chi connectivity index (χ3v) is 5.06. The predicted octanol–water partition coefficient (Wildman–Crippen LogP) is 3.34. The van der Waals surface area contributed by atoms with E-state index in [0.29, 0.717) is 17.9 Å². The van der Waals surface area contributed by atoms with Crippen molar-refractivity contribution in [1.82, 2.24) is 10.2 Å². The van der Waals surface area contributed by atoms with E-state index in [1.54, 1.807) is 0 Å². The van der Waals surface area contributed by atoms with Crippen LogP contribution in [-0.4, -0.2) is 35.5 Å². The fourth-order valence-corrected chi connectivity index (χ4v) is 3.62. The summed E-state index contributed by atoms with van der Waals surface area (Å²) in [5.74, 6) is 1.03. The van der Waals surface area contributed by atoms with Gasteiger partial charge in [-0.2, -0.15) is 0 Å². The first-order valence-electron chi connectivity index (χ1n) is 8.59. The summed E-state index contributed by atoms with van der Waals surface area (Å²) in [5.41, 5.74) is -0.308. The highest BCUT2D eigenvalue weighted by Gasteiger charge is 2.40. The molecule has 116 valence electrons. The summed E-state index contributed by atoms with van der Waals surface area (Å²) >= 11 is 0. The molecule has 20 heavy (non-hydrogen) atoms. The topological polar surface area (TPSA) is 32.3 Å². The Kier molecular flexibility index (Phi) is 5.48. The quantitative estimate of drug-likeness (QED) is 0.837. The van der Waals surface area contributed by atoms with Crippen molar-refractivity contribution in [2.75, 3.05) is 13.1 Å². The minimum atomic E-state index is -0.308. The van der Waals surface area contributed by atoms with Crippen LogP contribution in [0.3, 0.4) is 0 Å². The Morgan fingerprint density at radius 2 is 1.95 bits per heavy atom. The lowest BCUT2D eigenvalue weighted by molar-refractivity contribution is -0.141. The summed E-state index contributed by atoms with van der Waals surface area (Å²) in [6, 6.07) is 0.502. The third-order valence-electron chi connectivity index (χ3n) is 5.06. The second-order valence-corrected chi connectivity index (χ2v) is 7.34. The lowest BCUT2D eigenvalue weighted by atomic mass is 9.88. The van der Waals surface area contributed by atoms with Crippen molar-refractivity contribution in [2.24, 2.45) is 5.92 Å². The average Bonchev–Trinajstić information content (AvgIpc) is 2.93. The highest BCUT2D eigenvalue weighted by molar-refractivity contribution is 5.86. The third kappa shape index (κ3) is 3.75. The highest BCUT2D eigenvalue weighted by Crippen LogP contribution is 2.29. The summed E-state index contributed by atoms with van der Waals surface area (Å²) in [6.07, 6.45) is 9.51. The molecule has 1 saturated carbocycles. The van der Waals surface area contributed by atoms with Crippen molar-refractivity contribution in [3.8, 4) is 0 Å². The molecule has 0 bridgehead atoms. The molecule has 2 fully saturated rings. The maximum absolute atomic E-state index is 13.1. The smallest absolute Gasteiger partial charge is 0.242 e. The van der Waals surface area contributed by atoms with Crippen LogP contribution in [0.5, 0.6) is 0 Å². The largest absolute Gasteiger partial charge is 0.338 e. The minimum absolute atomic E-state index is 0.308. The fraction of sp³-hybridized carbons (Fsp3) is 0.941. The number of amides is 1. The van der Waals surface area contributed by atoms with Crippen molar-refractivity contribution < 1.29 is 4.79 Å². The van der Waals surface area contributed by atoms with Crippen molar-refractivity contribution in [1.29, 1.82) is 0 Å². The van der Waals surface area contributed by atoms with E-state index in [2.05, 4.69) is 31.0 Å². The molecule has 0 aromatic rings. The van der Waals surface area contributed by atoms with Gasteiger partial charge in [-0.15, -0.1) is 0 Å². The van der Waals surface area contributed by atoms with Crippen molar-refractivity contribution in [3.05, 3.63) is 0 Å². The Bertz CT molecular complexity index is 315. The SMILES string of the molecule is CC(C)CCN(C(=O)C1(C)CCCCN1)C1CCCC1. The van der Waals surface area contributed by atoms with Crippen LogP contribution in [0.15, 0.2) is 0 Å². The van der Waals surface area contributed by atoms with E-state index in [1.807, 2.05) is 0 Å².